The lowest BCUT2D eigenvalue weighted by atomic mass is 9.94. The fourth-order valence-electron chi connectivity index (χ4n) is 3.42. The molecule has 0 radical (unpaired) electrons. The number of ether oxygens (including phenoxy) is 1. The summed E-state index contributed by atoms with van der Waals surface area (Å²) in [6.07, 6.45) is 21.1. The Labute approximate surface area is 163 Å². The molecule has 0 saturated heterocycles. The van der Waals surface area contributed by atoms with E-state index in [1.807, 2.05) is 0 Å². The third-order valence-electron chi connectivity index (χ3n) is 5.26. The number of hydrogen-bond acceptors (Lipinski definition) is 3. The monoisotopic (exact) mass is 369 g/mol. The highest BCUT2D eigenvalue weighted by Crippen LogP contribution is 2.20. The summed E-state index contributed by atoms with van der Waals surface area (Å²) in [5.41, 5.74) is 5.61. The molecule has 0 fully saturated rings. The third kappa shape index (κ3) is 16.9. The van der Waals surface area contributed by atoms with Crippen molar-refractivity contribution in [3.63, 3.8) is 0 Å². The number of carbonyl (C=O) groups is 1. The molecule has 2 atom stereocenters. The molecule has 2 N–H and O–H groups in total. The lowest BCUT2D eigenvalue weighted by molar-refractivity contribution is -0.146. The van der Waals surface area contributed by atoms with Crippen molar-refractivity contribution in [3.05, 3.63) is 0 Å². The molecule has 0 bridgehead atoms. The lowest BCUT2D eigenvalue weighted by Crippen LogP contribution is -2.30. The SMILES string of the molecule is CCCCCCCCCCC(CCCCCCCC)COC(=O)[C@H](C)N. The van der Waals surface area contributed by atoms with E-state index < -0.39 is 6.04 Å². The van der Waals surface area contributed by atoms with E-state index >= 15 is 0 Å². The summed E-state index contributed by atoms with van der Waals surface area (Å²) in [7, 11) is 0. The normalized spacial score (nSPS) is 13.5. The Morgan fingerprint density at radius 2 is 1.12 bits per heavy atom. The molecule has 26 heavy (non-hydrogen) atoms. The molecule has 0 aromatic rings. The second-order valence-electron chi connectivity index (χ2n) is 8.10. The minimum Gasteiger partial charge on any atom is -0.464 e. The minimum absolute atomic E-state index is 0.256. The van der Waals surface area contributed by atoms with E-state index in [2.05, 4.69) is 13.8 Å². The molecule has 0 rings (SSSR count). The molecule has 1 unspecified atom stereocenters. The van der Waals surface area contributed by atoms with Crippen LogP contribution in [-0.2, 0) is 9.53 Å². The fraction of sp³-hybridized carbons (Fsp3) is 0.957. The zero-order valence-electron chi connectivity index (χ0n) is 18.1. The predicted octanol–water partition coefficient (Wildman–Crippen LogP) is 6.77. The number of nitrogens with two attached hydrogens (primary N) is 1. The van der Waals surface area contributed by atoms with Gasteiger partial charge in [0.2, 0.25) is 0 Å². The van der Waals surface area contributed by atoms with Crippen LogP contribution in [0.1, 0.15) is 124 Å². The van der Waals surface area contributed by atoms with Crippen molar-refractivity contribution < 1.29 is 9.53 Å². The Morgan fingerprint density at radius 3 is 1.50 bits per heavy atom. The van der Waals surface area contributed by atoms with Crippen molar-refractivity contribution in [1.29, 1.82) is 0 Å². The van der Waals surface area contributed by atoms with Crippen LogP contribution < -0.4 is 5.73 Å². The maximum Gasteiger partial charge on any atom is 0.322 e. The lowest BCUT2D eigenvalue weighted by Gasteiger charge is -2.18. The second-order valence-corrected chi connectivity index (χ2v) is 8.10. The van der Waals surface area contributed by atoms with Crippen molar-refractivity contribution in [1.82, 2.24) is 0 Å². The highest BCUT2D eigenvalue weighted by Gasteiger charge is 2.14. The molecule has 0 saturated carbocycles. The Hall–Kier alpha value is -0.570. The summed E-state index contributed by atoms with van der Waals surface area (Å²) >= 11 is 0. The largest absolute Gasteiger partial charge is 0.464 e. The van der Waals surface area contributed by atoms with Crippen molar-refractivity contribution in [2.24, 2.45) is 11.7 Å². The first-order valence-electron chi connectivity index (χ1n) is 11.5. The molecule has 156 valence electrons. The predicted molar refractivity (Wildman–Crippen MR) is 113 cm³/mol. The number of esters is 1. The van der Waals surface area contributed by atoms with Crippen molar-refractivity contribution >= 4 is 5.97 Å². The van der Waals surface area contributed by atoms with Gasteiger partial charge < -0.3 is 10.5 Å². The number of hydrogen-bond donors (Lipinski definition) is 1. The van der Waals surface area contributed by atoms with Crippen LogP contribution in [0.15, 0.2) is 0 Å². The molecular weight excluding hydrogens is 322 g/mol. The summed E-state index contributed by atoms with van der Waals surface area (Å²) in [5, 5.41) is 0. The van der Waals surface area contributed by atoms with E-state index in [0.717, 1.165) is 0 Å². The quantitative estimate of drug-likeness (QED) is 0.202. The average molecular weight is 370 g/mol. The van der Waals surface area contributed by atoms with Gasteiger partial charge >= 0.3 is 5.97 Å². The summed E-state index contributed by atoms with van der Waals surface area (Å²) in [5.74, 6) is 0.262. The van der Waals surface area contributed by atoms with Crippen LogP contribution in [0.4, 0.5) is 0 Å². The molecule has 3 heteroatoms. The minimum atomic E-state index is -0.507. The Kier molecular flexibility index (Phi) is 18.8. The van der Waals surface area contributed by atoms with Gasteiger partial charge in [-0.25, -0.2) is 0 Å². The summed E-state index contributed by atoms with van der Waals surface area (Å²) in [6.45, 7) is 6.78. The summed E-state index contributed by atoms with van der Waals surface area (Å²) in [4.78, 5) is 11.6. The van der Waals surface area contributed by atoms with Gasteiger partial charge in [0.05, 0.1) is 6.61 Å². The van der Waals surface area contributed by atoms with Gasteiger partial charge in [-0.1, -0.05) is 104 Å². The molecule has 0 spiro atoms. The Morgan fingerprint density at radius 1 is 0.731 bits per heavy atom. The van der Waals surface area contributed by atoms with E-state index in [1.165, 1.54) is 103 Å². The van der Waals surface area contributed by atoms with Gasteiger partial charge in [0.25, 0.3) is 0 Å². The van der Waals surface area contributed by atoms with Gasteiger partial charge in [0, 0.05) is 0 Å². The molecule has 0 aliphatic rings. The second kappa shape index (κ2) is 19.2. The highest BCUT2D eigenvalue weighted by atomic mass is 16.5. The molecule has 0 aliphatic carbocycles. The molecule has 0 amide bonds. The fourth-order valence-corrected chi connectivity index (χ4v) is 3.42. The maximum absolute atomic E-state index is 11.6. The first-order chi connectivity index (χ1) is 12.6. The van der Waals surface area contributed by atoms with E-state index in [9.17, 15) is 4.79 Å². The van der Waals surface area contributed by atoms with Crippen LogP contribution in [0.5, 0.6) is 0 Å². The average Bonchev–Trinajstić information content (AvgIpc) is 2.63. The van der Waals surface area contributed by atoms with E-state index in [-0.39, 0.29) is 5.97 Å². The van der Waals surface area contributed by atoms with Crippen molar-refractivity contribution in [3.8, 4) is 0 Å². The Balaban J connectivity index is 3.90. The van der Waals surface area contributed by atoms with Crippen molar-refractivity contribution in [2.75, 3.05) is 6.61 Å². The van der Waals surface area contributed by atoms with E-state index in [0.29, 0.717) is 12.5 Å². The zero-order chi connectivity index (χ0) is 19.5. The molecule has 0 aromatic carbocycles. The summed E-state index contributed by atoms with van der Waals surface area (Å²) < 4.78 is 5.42. The van der Waals surface area contributed by atoms with Crippen LogP contribution in [0, 0.1) is 5.92 Å². The van der Waals surface area contributed by atoms with Crippen LogP contribution in [0.3, 0.4) is 0 Å². The number of carbonyl (C=O) groups excluding carboxylic acids is 1. The molecule has 0 aromatic heterocycles. The smallest absolute Gasteiger partial charge is 0.322 e. The van der Waals surface area contributed by atoms with Crippen LogP contribution in [0.2, 0.25) is 0 Å². The molecular formula is C23H47NO2. The molecule has 0 heterocycles. The van der Waals surface area contributed by atoms with Gasteiger partial charge in [-0.3, -0.25) is 4.79 Å². The maximum atomic E-state index is 11.6. The first-order valence-corrected chi connectivity index (χ1v) is 11.5. The molecule has 3 nitrogen and oxygen atoms in total. The van der Waals surface area contributed by atoms with Gasteiger partial charge in [-0.05, 0) is 25.7 Å². The van der Waals surface area contributed by atoms with E-state index in [1.54, 1.807) is 6.92 Å². The van der Waals surface area contributed by atoms with Gasteiger partial charge in [0.1, 0.15) is 6.04 Å². The van der Waals surface area contributed by atoms with Gasteiger partial charge in [-0.2, -0.15) is 0 Å². The zero-order valence-corrected chi connectivity index (χ0v) is 18.1. The topological polar surface area (TPSA) is 52.3 Å². The molecule has 0 aliphatic heterocycles. The van der Waals surface area contributed by atoms with Gasteiger partial charge in [-0.15, -0.1) is 0 Å². The Bertz CT molecular complexity index is 305. The highest BCUT2D eigenvalue weighted by molar-refractivity contribution is 5.74. The summed E-state index contributed by atoms with van der Waals surface area (Å²) in [6, 6.07) is -0.507. The van der Waals surface area contributed by atoms with E-state index in [4.69, 9.17) is 10.5 Å². The van der Waals surface area contributed by atoms with Crippen LogP contribution in [0.25, 0.3) is 0 Å². The standard InChI is InChI=1S/C23H47NO2/c1-4-6-8-10-12-13-15-17-19-22(20-26-23(25)21(3)24)18-16-14-11-9-7-5-2/h21-22H,4-20,24H2,1-3H3/t21-,22?/m0/s1. The van der Waals surface area contributed by atoms with Gasteiger partial charge in [0.15, 0.2) is 0 Å². The van der Waals surface area contributed by atoms with Crippen molar-refractivity contribution in [2.45, 2.75) is 130 Å². The first kappa shape index (κ1) is 25.4. The van der Waals surface area contributed by atoms with Crippen LogP contribution in [-0.4, -0.2) is 18.6 Å². The number of unbranched alkanes of at least 4 members (excludes halogenated alkanes) is 12. The van der Waals surface area contributed by atoms with Crippen LogP contribution >= 0.6 is 0 Å². The third-order valence-corrected chi connectivity index (χ3v) is 5.26. The number of rotatable bonds is 19.